The summed E-state index contributed by atoms with van der Waals surface area (Å²) in [4.78, 5) is 31.1. The molecule has 0 saturated carbocycles. The van der Waals surface area contributed by atoms with E-state index in [0.29, 0.717) is 33.0 Å². The Bertz CT molecular complexity index is 958. The third-order valence-electron chi connectivity index (χ3n) is 3.30. The molecule has 0 amide bonds. The van der Waals surface area contributed by atoms with Crippen molar-refractivity contribution in [2.75, 3.05) is 0 Å². The molecule has 0 aliphatic carbocycles. The Hall–Kier alpha value is -1.18. The van der Waals surface area contributed by atoms with E-state index in [9.17, 15) is 9.59 Å². The van der Waals surface area contributed by atoms with Crippen LogP contribution in [0.5, 0.6) is 0 Å². The number of aryl methyl sites for hydroxylation is 1. The van der Waals surface area contributed by atoms with Gasteiger partial charge in [-0.05, 0) is 30.2 Å². The van der Waals surface area contributed by atoms with Crippen molar-refractivity contribution >= 4 is 39.1 Å². The van der Waals surface area contributed by atoms with Crippen LogP contribution < -0.4 is 35.1 Å². The van der Waals surface area contributed by atoms with Crippen LogP contribution in [-0.2, 0) is 6.42 Å². The van der Waals surface area contributed by atoms with Crippen LogP contribution in [0.3, 0.4) is 0 Å². The number of fused-ring (bicyclic) bond motifs is 1. The van der Waals surface area contributed by atoms with Gasteiger partial charge in [0.1, 0.15) is 15.5 Å². The molecule has 0 saturated heterocycles. The standard InChI is InChI=1S/C15H11ClN2O3S.Na.H/c1-7-11-13(19)17-10(6-8-3-2-4-9(16)5-8)18-14(11)22-12(7)15(20)21;;/h2-5H,6H2,1H3,(H,20,21)(H,17,18,19);;/q;+1;-1. The van der Waals surface area contributed by atoms with Crippen molar-refractivity contribution in [1.29, 1.82) is 0 Å². The number of H-pyrrole nitrogens is 1. The van der Waals surface area contributed by atoms with E-state index >= 15 is 0 Å². The largest absolute Gasteiger partial charge is 1.00 e. The van der Waals surface area contributed by atoms with E-state index in [0.717, 1.165) is 16.9 Å². The molecule has 23 heavy (non-hydrogen) atoms. The molecule has 1 aromatic carbocycles. The number of carbonyl (C=O) groups is 1. The van der Waals surface area contributed by atoms with E-state index in [1.54, 1.807) is 19.1 Å². The van der Waals surface area contributed by atoms with Gasteiger partial charge in [0.05, 0.1) is 5.39 Å². The summed E-state index contributed by atoms with van der Waals surface area (Å²) in [5, 5.41) is 10.1. The summed E-state index contributed by atoms with van der Waals surface area (Å²) in [6.07, 6.45) is 0.422. The summed E-state index contributed by atoms with van der Waals surface area (Å²) in [6, 6.07) is 7.28. The fourth-order valence-corrected chi connectivity index (χ4v) is 3.57. The average Bonchev–Trinajstić information content (AvgIpc) is 2.76. The molecule has 2 aromatic heterocycles. The summed E-state index contributed by atoms with van der Waals surface area (Å²) in [5.41, 5.74) is 1.06. The van der Waals surface area contributed by atoms with E-state index in [4.69, 9.17) is 16.7 Å². The molecule has 0 radical (unpaired) electrons. The second kappa shape index (κ2) is 7.15. The molecule has 0 atom stereocenters. The number of aromatic carboxylic acids is 1. The molecule has 0 bridgehead atoms. The van der Waals surface area contributed by atoms with Crippen LogP contribution in [0.25, 0.3) is 10.2 Å². The third kappa shape index (κ3) is 3.67. The van der Waals surface area contributed by atoms with Crippen LogP contribution in [0, 0.1) is 6.92 Å². The maximum absolute atomic E-state index is 12.2. The van der Waals surface area contributed by atoms with Crippen molar-refractivity contribution in [3.05, 3.63) is 61.5 Å². The molecule has 0 fully saturated rings. The second-order valence-electron chi connectivity index (χ2n) is 4.86. The van der Waals surface area contributed by atoms with Crippen LogP contribution in [-0.4, -0.2) is 21.0 Å². The smallest absolute Gasteiger partial charge is 1.00 e. The average molecular weight is 359 g/mol. The third-order valence-corrected chi connectivity index (χ3v) is 4.71. The van der Waals surface area contributed by atoms with Crippen LogP contribution >= 0.6 is 22.9 Å². The number of carboxylic acids is 1. The molecule has 2 heterocycles. The number of carboxylic acid groups (broad SMARTS) is 1. The molecular weight excluding hydrogens is 347 g/mol. The van der Waals surface area contributed by atoms with Gasteiger partial charge in [0.15, 0.2) is 0 Å². The molecule has 114 valence electrons. The van der Waals surface area contributed by atoms with E-state index < -0.39 is 5.97 Å². The predicted octanol–water partition coefficient (Wildman–Crippen LogP) is 0.352. The quantitative estimate of drug-likeness (QED) is 0.662. The molecule has 8 heteroatoms. The maximum Gasteiger partial charge on any atom is 1.00 e. The van der Waals surface area contributed by atoms with Crippen molar-refractivity contribution < 1.29 is 40.9 Å². The van der Waals surface area contributed by atoms with Crippen LogP contribution in [0.4, 0.5) is 0 Å². The summed E-state index contributed by atoms with van der Waals surface area (Å²) < 4.78 is 0. The number of thiophene rings is 1. The number of benzene rings is 1. The Balaban J connectivity index is 0.00000144. The summed E-state index contributed by atoms with van der Waals surface area (Å²) in [6.45, 7) is 1.62. The van der Waals surface area contributed by atoms with E-state index in [-0.39, 0.29) is 41.4 Å². The predicted molar refractivity (Wildman–Crippen MR) is 87.3 cm³/mol. The normalized spacial score (nSPS) is 10.5. The summed E-state index contributed by atoms with van der Waals surface area (Å²) >= 11 is 6.96. The first-order chi connectivity index (χ1) is 10.5. The zero-order valence-corrected chi connectivity index (χ0v) is 16.1. The first-order valence-electron chi connectivity index (χ1n) is 6.45. The molecule has 0 aliphatic rings. The molecule has 3 rings (SSSR count). The van der Waals surface area contributed by atoms with Crippen LogP contribution in [0.1, 0.15) is 28.0 Å². The Morgan fingerprint density at radius 3 is 2.87 bits per heavy atom. The summed E-state index contributed by atoms with van der Waals surface area (Å²) in [5.74, 6) is -0.561. The number of aromatic amines is 1. The zero-order valence-electron chi connectivity index (χ0n) is 13.5. The van der Waals surface area contributed by atoms with E-state index in [1.165, 1.54) is 0 Å². The Morgan fingerprint density at radius 1 is 1.48 bits per heavy atom. The van der Waals surface area contributed by atoms with E-state index in [1.807, 2.05) is 12.1 Å². The van der Waals surface area contributed by atoms with Gasteiger partial charge >= 0.3 is 35.5 Å². The van der Waals surface area contributed by atoms with Gasteiger partial charge in [-0.1, -0.05) is 23.7 Å². The Kier molecular flexibility index (Phi) is 5.65. The van der Waals surface area contributed by atoms with Crippen molar-refractivity contribution in [1.82, 2.24) is 9.97 Å². The number of aromatic nitrogens is 2. The number of hydrogen-bond acceptors (Lipinski definition) is 4. The molecule has 3 aromatic rings. The van der Waals surface area contributed by atoms with Crippen molar-refractivity contribution in [2.24, 2.45) is 0 Å². The monoisotopic (exact) mass is 358 g/mol. The Labute approximate surface area is 164 Å². The first kappa shape index (κ1) is 18.2. The van der Waals surface area contributed by atoms with Gasteiger partial charge in [0, 0.05) is 11.4 Å². The maximum atomic E-state index is 12.2. The van der Waals surface area contributed by atoms with Gasteiger partial charge in [-0.25, -0.2) is 9.78 Å². The molecule has 0 spiro atoms. The second-order valence-corrected chi connectivity index (χ2v) is 6.30. The molecule has 0 aliphatic heterocycles. The topological polar surface area (TPSA) is 83.0 Å². The number of hydrogen-bond donors (Lipinski definition) is 2. The number of halogens is 1. The van der Waals surface area contributed by atoms with Crippen molar-refractivity contribution in [3.63, 3.8) is 0 Å². The molecule has 2 N–H and O–H groups in total. The van der Waals surface area contributed by atoms with Gasteiger partial charge in [-0.2, -0.15) is 0 Å². The van der Waals surface area contributed by atoms with Gasteiger partial charge in [0.2, 0.25) is 0 Å². The van der Waals surface area contributed by atoms with Crippen LogP contribution in [0.2, 0.25) is 5.02 Å². The van der Waals surface area contributed by atoms with Crippen LogP contribution in [0.15, 0.2) is 29.1 Å². The molecular formula is C15H12ClN2NaO3S. The zero-order chi connectivity index (χ0) is 15.9. The Morgan fingerprint density at radius 2 is 2.22 bits per heavy atom. The minimum absolute atomic E-state index is 0. The summed E-state index contributed by atoms with van der Waals surface area (Å²) in [7, 11) is 0. The first-order valence-corrected chi connectivity index (χ1v) is 7.65. The van der Waals surface area contributed by atoms with E-state index in [2.05, 4.69) is 9.97 Å². The fourth-order valence-electron chi connectivity index (χ4n) is 2.32. The minimum atomic E-state index is -1.05. The number of rotatable bonds is 3. The molecule has 5 nitrogen and oxygen atoms in total. The minimum Gasteiger partial charge on any atom is -1.00 e. The van der Waals surface area contributed by atoms with Crippen molar-refractivity contribution in [3.8, 4) is 0 Å². The number of nitrogens with zero attached hydrogens (tertiary/aromatic N) is 1. The van der Waals surface area contributed by atoms with Gasteiger partial charge < -0.3 is 11.5 Å². The SMILES string of the molecule is Cc1c(C(=O)O)sc2nc(Cc3cccc(Cl)c3)[nH]c(=O)c12.[H-].[Na+]. The van der Waals surface area contributed by atoms with Gasteiger partial charge in [-0.15, -0.1) is 11.3 Å². The fraction of sp³-hybridized carbons (Fsp3) is 0.133. The van der Waals surface area contributed by atoms with Crippen molar-refractivity contribution in [2.45, 2.75) is 13.3 Å². The van der Waals surface area contributed by atoms with Gasteiger partial charge in [0.25, 0.3) is 5.56 Å². The molecule has 0 unspecified atom stereocenters. The van der Waals surface area contributed by atoms with Gasteiger partial charge in [-0.3, -0.25) is 4.79 Å². The number of nitrogens with one attached hydrogen (secondary N) is 1.